The number of ether oxygens (including phenoxy) is 3. The summed E-state index contributed by atoms with van der Waals surface area (Å²) in [6.07, 6.45) is -3.91. The summed E-state index contributed by atoms with van der Waals surface area (Å²) in [6.45, 7) is 3.14. The maximum absolute atomic E-state index is 13.9. The van der Waals surface area contributed by atoms with Gasteiger partial charge in [-0.05, 0) is 37.0 Å². The van der Waals surface area contributed by atoms with Gasteiger partial charge in [0.25, 0.3) is 0 Å². The van der Waals surface area contributed by atoms with Gasteiger partial charge >= 0.3 is 35.9 Å². The lowest BCUT2D eigenvalue weighted by atomic mass is 9.89. The van der Waals surface area contributed by atoms with Crippen molar-refractivity contribution in [1.29, 1.82) is 0 Å². The van der Waals surface area contributed by atoms with Crippen LogP contribution in [0.25, 0.3) is 0 Å². The van der Waals surface area contributed by atoms with Gasteiger partial charge in [-0.3, -0.25) is 9.59 Å². The highest BCUT2D eigenvalue weighted by Crippen LogP contribution is 2.51. The van der Waals surface area contributed by atoms with Crippen LogP contribution in [-0.2, 0) is 28.6 Å². The Bertz CT molecular complexity index is 725. The van der Waals surface area contributed by atoms with Crippen LogP contribution in [0.3, 0.4) is 0 Å². The van der Waals surface area contributed by atoms with Gasteiger partial charge in [0.05, 0.1) is 11.8 Å². The minimum atomic E-state index is -6.37. The lowest BCUT2D eigenvalue weighted by Gasteiger charge is -2.31. The number of carbonyl (C=O) groups is 3. The number of hydrogen-bond donors (Lipinski definition) is 0. The minimum Gasteiger partial charge on any atom is -0.462 e. The van der Waals surface area contributed by atoms with Crippen LogP contribution in [0.5, 0.6) is 0 Å². The first-order valence-electron chi connectivity index (χ1n) is 10.3. The molecule has 0 heterocycles. The normalized spacial score (nSPS) is 24.4. The first kappa shape index (κ1) is 26.2. The fourth-order valence-corrected chi connectivity index (χ4v) is 3.88. The predicted molar refractivity (Wildman–Crippen MR) is 95.8 cm³/mol. The zero-order valence-corrected chi connectivity index (χ0v) is 17.8. The van der Waals surface area contributed by atoms with Gasteiger partial charge in [0.15, 0.2) is 0 Å². The number of rotatable bonds is 10. The molecular formula is C20H26F6O6. The van der Waals surface area contributed by atoms with Gasteiger partial charge in [-0.1, -0.05) is 27.2 Å². The Labute approximate surface area is 180 Å². The summed E-state index contributed by atoms with van der Waals surface area (Å²) in [5.41, 5.74) is 0. The number of halogens is 6. The smallest absolute Gasteiger partial charge is 0.462 e. The van der Waals surface area contributed by atoms with Gasteiger partial charge in [0, 0.05) is 0 Å². The molecule has 0 aromatic rings. The molecule has 4 atom stereocenters. The molecule has 2 aliphatic rings. The largest absolute Gasteiger partial charge is 0.473 e. The van der Waals surface area contributed by atoms with E-state index in [0.717, 1.165) is 6.42 Å². The van der Waals surface area contributed by atoms with Crippen molar-refractivity contribution >= 4 is 17.9 Å². The number of fused-ring (bicyclic) bond motifs is 2. The molecule has 2 saturated carbocycles. The van der Waals surface area contributed by atoms with E-state index in [9.17, 15) is 40.7 Å². The summed E-state index contributed by atoms with van der Waals surface area (Å²) in [5, 5.41) is 0. The van der Waals surface area contributed by atoms with Gasteiger partial charge < -0.3 is 14.2 Å². The Hall–Kier alpha value is -2.01. The molecule has 2 bridgehead atoms. The summed E-state index contributed by atoms with van der Waals surface area (Å²) in [4.78, 5) is 34.9. The molecule has 0 amide bonds. The van der Waals surface area contributed by atoms with Crippen molar-refractivity contribution in [3.05, 3.63) is 0 Å². The van der Waals surface area contributed by atoms with Crippen LogP contribution in [0, 0.1) is 29.6 Å². The SMILES string of the molecule is CC(C)C(C)C(=O)OCCOC(=O)C(F)(F)C(F)(F)C(F)(F)OC(=O)C1CC2CCC1C2. The van der Waals surface area contributed by atoms with Crippen LogP contribution in [0.15, 0.2) is 0 Å². The zero-order valence-electron chi connectivity index (χ0n) is 17.8. The second-order valence-electron chi connectivity index (χ2n) is 8.70. The average Bonchev–Trinajstić information content (AvgIpc) is 3.33. The van der Waals surface area contributed by atoms with Crippen LogP contribution in [0.4, 0.5) is 26.3 Å². The molecule has 0 N–H and O–H groups in total. The number of carbonyl (C=O) groups excluding carboxylic acids is 3. The van der Waals surface area contributed by atoms with E-state index in [0.29, 0.717) is 12.8 Å². The lowest BCUT2D eigenvalue weighted by molar-refractivity contribution is -0.380. The molecule has 0 radical (unpaired) electrons. The molecule has 4 unspecified atom stereocenters. The first-order valence-corrected chi connectivity index (χ1v) is 10.3. The highest BCUT2D eigenvalue weighted by Gasteiger charge is 2.78. The van der Waals surface area contributed by atoms with Crippen LogP contribution in [0.1, 0.15) is 46.5 Å². The summed E-state index contributed by atoms with van der Waals surface area (Å²) in [6, 6.07) is 0. The topological polar surface area (TPSA) is 78.9 Å². The Morgan fingerprint density at radius 2 is 1.50 bits per heavy atom. The van der Waals surface area contributed by atoms with Crippen molar-refractivity contribution in [3.63, 3.8) is 0 Å². The van der Waals surface area contributed by atoms with Crippen LogP contribution >= 0.6 is 0 Å². The van der Waals surface area contributed by atoms with Crippen molar-refractivity contribution in [2.75, 3.05) is 13.2 Å². The monoisotopic (exact) mass is 476 g/mol. The number of esters is 3. The van der Waals surface area contributed by atoms with E-state index in [1.165, 1.54) is 6.92 Å². The van der Waals surface area contributed by atoms with Crippen molar-refractivity contribution in [3.8, 4) is 0 Å². The molecular weight excluding hydrogens is 450 g/mol. The molecule has 184 valence electrons. The Morgan fingerprint density at radius 3 is 2.00 bits per heavy atom. The van der Waals surface area contributed by atoms with Crippen LogP contribution < -0.4 is 0 Å². The summed E-state index contributed by atoms with van der Waals surface area (Å²) in [5.74, 6) is -19.8. The van der Waals surface area contributed by atoms with E-state index in [1.54, 1.807) is 13.8 Å². The molecule has 0 spiro atoms. The minimum absolute atomic E-state index is 0.0840. The molecule has 0 aliphatic heterocycles. The third-order valence-electron chi connectivity index (χ3n) is 6.22. The molecule has 2 aliphatic carbocycles. The van der Waals surface area contributed by atoms with Crippen molar-refractivity contribution < 1.29 is 54.9 Å². The van der Waals surface area contributed by atoms with Gasteiger partial charge in [-0.15, -0.1) is 0 Å². The van der Waals surface area contributed by atoms with E-state index < -0.39 is 60.9 Å². The van der Waals surface area contributed by atoms with E-state index in [4.69, 9.17) is 0 Å². The third-order valence-corrected chi connectivity index (χ3v) is 6.22. The summed E-state index contributed by atoms with van der Waals surface area (Å²) in [7, 11) is 0. The molecule has 2 rings (SSSR count). The number of alkyl halides is 6. The van der Waals surface area contributed by atoms with Crippen molar-refractivity contribution in [1.82, 2.24) is 0 Å². The van der Waals surface area contributed by atoms with Gasteiger partial charge in [0.1, 0.15) is 13.2 Å². The standard InChI is InChI=1S/C20H26F6O6/c1-10(2)11(3)15(27)30-6-7-31-17(29)18(21,22)19(23,24)20(25,26)32-16(28)14-9-12-4-5-13(14)8-12/h10-14H,4-9H2,1-3H3. The first-order chi connectivity index (χ1) is 14.6. The molecule has 0 saturated heterocycles. The second-order valence-corrected chi connectivity index (χ2v) is 8.70. The van der Waals surface area contributed by atoms with Gasteiger partial charge in [-0.25, -0.2) is 4.79 Å². The third kappa shape index (κ3) is 5.14. The van der Waals surface area contributed by atoms with Crippen molar-refractivity contribution in [2.45, 2.75) is 64.4 Å². The molecule has 32 heavy (non-hydrogen) atoms. The zero-order chi connectivity index (χ0) is 24.5. The van der Waals surface area contributed by atoms with E-state index in [2.05, 4.69) is 14.2 Å². The van der Waals surface area contributed by atoms with E-state index in [1.807, 2.05) is 0 Å². The molecule has 6 nitrogen and oxygen atoms in total. The summed E-state index contributed by atoms with van der Waals surface area (Å²) < 4.78 is 95.5. The van der Waals surface area contributed by atoms with Crippen molar-refractivity contribution in [2.24, 2.45) is 29.6 Å². The highest BCUT2D eigenvalue weighted by molar-refractivity contribution is 5.79. The molecule has 2 fully saturated rings. The van der Waals surface area contributed by atoms with Gasteiger partial charge in [0.2, 0.25) is 0 Å². The fourth-order valence-electron chi connectivity index (χ4n) is 3.88. The molecule has 12 heteroatoms. The highest BCUT2D eigenvalue weighted by atomic mass is 19.3. The Balaban J connectivity index is 1.93. The summed E-state index contributed by atoms with van der Waals surface area (Å²) >= 11 is 0. The quantitative estimate of drug-likeness (QED) is 0.204. The Kier molecular flexibility index (Phi) is 7.76. The lowest BCUT2D eigenvalue weighted by Crippen LogP contribution is -2.60. The average molecular weight is 476 g/mol. The fraction of sp³-hybridized carbons (Fsp3) is 0.850. The number of hydrogen-bond acceptors (Lipinski definition) is 6. The maximum atomic E-state index is 13.9. The van der Waals surface area contributed by atoms with E-state index >= 15 is 0 Å². The van der Waals surface area contributed by atoms with E-state index in [-0.39, 0.29) is 24.2 Å². The maximum Gasteiger partial charge on any atom is 0.473 e. The van der Waals surface area contributed by atoms with Gasteiger partial charge in [-0.2, -0.15) is 26.3 Å². The Morgan fingerprint density at radius 1 is 0.906 bits per heavy atom. The van der Waals surface area contributed by atoms with Crippen LogP contribution in [-0.4, -0.2) is 49.1 Å². The molecule has 0 aromatic heterocycles. The molecule has 0 aromatic carbocycles. The second kappa shape index (κ2) is 9.46. The predicted octanol–water partition coefficient (Wildman–Crippen LogP) is 4.21. The van der Waals surface area contributed by atoms with Crippen LogP contribution in [0.2, 0.25) is 0 Å².